The zero-order valence-corrected chi connectivity index (χ0v) is 14.1. The molecule has 1 rings (SSSR count). The van der Waals surface area contributed by atoms with Crippen molar-refractivity contribution in [3.63, 3.8) is 0 Å². The largest absolute Gasteiger partial charge is 0.496 e. The molecule has 1 aromatic rings. The van der Waals surface area contributed by atoms with Gasteiger partial charge in [-0.15, -0.1) is 0 Å². The topological polar surface area (TPSA) is 30.5 Å². The smallest absolute Gasteiger partial charge is 0.123 e. The standard InChI is InChI=1S/C18H31NO2/c1-5-6-7-8-9-12-21-14-17(19-3)16-13-15(2)10-11-18(16)20-4/h10-11,13,17,19H,5-9,12,14H2,1-4H3. The maximum Gasteiger partial charge on any atom is 0.123 e. The van der Waals surface area contributed by atoms with Gasteiger partial charge in [0.1, 0.15) is 5.75 Å². The van der Waals surface area contributed by atoms with Gasteiger partial charge < -0.3 is 14.8 Å². The van der Waals surface area contributed by atoms with Crippen molar-refractivity contribution >= 4 is 0 Å². The van der Waals surface area contributed by atoms with Crippen molar-refractivity contribution in [1.82, 2.24) is 5.32 Å². The van der Waals surface area contributed by atoms with Crippen molar-refractivity contribution < 1.29 is 9.47 Å². The number of methoxy groups -OCH3 is 1. The molecular formula is C18H31NO2. The summed E-state index contributed by atoms with van der Waals surface area (Å²) in [5.74, 6) is 0.923. The van der Waals surface area contributed by atoms with Crippen LogP contribution in [0.4, 0.5) is 0 Å². The average Bonchev–Trinajstić information content (AvgIpc) is 2.50. The van der Waals surface area contributed by atoms with Crippen LogP contribution in [0.25, 0.3) is 0 Å². The van der Waals surface area contributed by atoms with Crippen molar-refractivity contribution in [3.05, 3.63) is 29.3 Å². The summed E-state index contributed by atoms with van der Waals surface area (Å²) < 4.78 is 11.3. The maximum absolute atomic E-state index is 5.84. The Morgan fingerprint density at radius 3 is 2.57 bits per heavy atom. The molecule has 0 fully saturated rings. The fraction of sp³-hybridized carbons (Fsp3) is 0.667. The van der Waals surface area contributed by atoms with Gasteiger partial charge in [-0.1, -0.05) is 50.3 Å². The van der Waals surface area contributed by atoms with Crippen molar-refractivity contribution in [2.45, 2.75) is 52.0 Å². The minimum atomic E-state index is 0.176. The summed E-state index contributed by atoms with van der Waals surface area (Å²) in [4.78, 5) is 0. The average molecular weight is 293 g/mol. The van der Waals surface area contributed by atoms with E-state index in [1.54, 1.807) is 7.11 Å². The molecule has 0 aliphatic rings. The Morgan fingerprint density at radius 1 is 1.14 bits per heavy atom. The minimum absolute atomic E-state index is 0.176. The molecule has 120 valence electrons. The number of ether oxygens (including phenoxy) is 2. The van der Waals surface area contributed by atoms with Gasteiger partial charge in [-0.25, -0.2) is 0 Å². The fourth-order valence-electron chi connectivity index (χ4n) is 2.46. The van der Waals surface area contributed by atoms with Gasteiger partial charge in [-0.3, -0.25) is 0 Å². The number of rotatable bonds is 11. The van der Waals surface area contributed by atoms with Crippen molar-refractivity contribution in [1.29, 1.82) is 0 Å². The molecule has 1 N–H and O–H groups in total. The Kier molecular flexibility index (Phi) is 9.11. The van der Waals surface area contributed by atoms with E-state index in [0.29, 0.717) is 6.61 Å². The van der Waals surface area contributed by atoms with Crippen molar-refractivity contribution in [2.24, 2.45) is 0 Å². The van der Waals surface area contributed by atoms with Crippen LogP contribution in [0.2, 0.25) is 0 Å². The minimum Gasteiger partial charge on any atom is -0.496 e. The van der Waals surface area contributed by atoms with Gasteiger partial charge in [0.2, 0.25) is 0 Å². The highest BCUT2D eigenvalue weighted by Gasteiger charge is 2.14. The molecule has 0 bridgehead atoms. The molecule has 0 aromatic heterocycles. The Bertz CT molecular complexity index is 393. The molecule has 1 aromatic carbocycles. The second kappa shape index (κ2) is 10.6. The number of aryl methyl sites for hydroxylation is 1. The van der Waals surface area contributed by atoms with Crippen LogP contribution in [0.3, 0.4) is 0 Å². The number of nitrogens with one attached hydrogen (secondary N) is 1. The van der Waals surface area contributed by atoms with E-state index in [9.17, 15) is 0 Å². The zero-order valence-electron chi connectivity index (χ0n) is 14.1. The van der Waals surface area contributed by atoms with E-state index in [1.165, 1.54) is 36.8 Å². The molecule has 1 unspecified atom stereocenters. The second-order valence-electron chi connectivity index (χ2n) is 5.58. The first-order valence-electron chi connectivity index (χ1n) is 8.12. The summed E-state index contributed by atoms with van der Waals surface area (Å²) in [6.45, 7) is 5.87. The van der Waals surface area contributed by atoms with E-state index in [0.717, 1.165) is 18.8 Å². The number of unbranched alkanes of at least 4 members (excludes halogenated alkanes) is 4. The van der Waals surface area contributed by atoms with Crippen LogP contribution in [0, 0.1) is 6.92 Å². The second-order valence-corrected chi connectivity index (χ2v) is 5.58. The van der Waals surface area contributed by atoms with Crippen LogP contribution in [0.1, 0.15) is 56.2 Å². The summed E-state index contributed by atoms with van der Waals surface area (Å²) in [7, 11) is 3.69. The van der Waals surface area contributed by atoms with Crippen LogP contribution in [-0.4, -0.2) is 27.4 Å². The highest BCUT2D eigenvalue weighted by molar-refractivity contribution is 5.39. The van der Waals surface area contributed by atoms with E-state index >= 15 is 0 Å². The summed E-state index contributed by atoms with van der Waals surface area (Å²) in [6.07, 6.45) is 6.36. The molecule has 0 saturated heterocycles. The Morgan fingerprint density at radius 2 is 1.90 bits per heavy atom. The highest BCUT2D eigenvalue weighted by atomic mass is 16.5. The Labute approximate surface area is 130 Å². The summed E-state index contributed by atoms with van der Waals surface area (Å²) in [5.41, 5.74) is 2.41. The number of hydrogen-bond donors (Lipinski definition) is 1. The number of benzene rings is 1. The van der Waals surface area contributed by atoms with E-state index in [-0.39, 0.29) is 6.04 Å². The molecule has 3 heteroatoms. The van der Waals surface area contributed by atoms with Crippen molar-refractivity contribution in [3.8, 4) is 5.75 Å². The number of likely N-dealkylation sites (N-methyl/N-ethyl adjacent to an activating group) is 1. The van der Waals surface area contributed by atoms with Gasteiger partial charge >= 0.3 is 0 Å². The summed E-state index contributed by atoms with van der Waals surface area (Å²) >= 11 is 0. The lowest BCUT2D eigenvalue weighted by Crippen LogP contribution is -2.22. The van der Waals surface area contributed by atoms with Crippen LogP contribution >= 0.6 is 0 Å². The molecule has 0 aliphatic heterocycles. The third-order valence-electron chi connectivity index (χ3n) is 3.79. The van der Waals surface area contributed by atoms with Crippen LogP contribution in [0.15, 0.2) is 18.2 Å². The quantitative estimate of drug-likeness (QED) is 0.619. The van der Waals surface area contributed by atoms with Crippen molar-refractivity contribution in [2.75, 3.05) is 27.4 Å². The zero-order chi connectivity index (χ0) is 15.5. The van der Waals surface area contributed by atoms with Gasteiger partial charge in [0, 0.05) is 12.2 Å². The highest BCUT2D eigenvalue weighted by Crippen LogP contribution is 2.26. The van der Waals surface area contributed by atoms with Crippen LogP contribution < -0.4 is 10.1 Å². The van der Waals surface area contributed by atoms with E-state index in [4.69, 9.17) is 9.47 Å². The molecule has 0 heterocycles. The molecular weight excluding hydrogens is 262 g/mol. The lowest BCUT2D eigenvalue weighted by atomic mass is 10.0. The molecule has 0 saturated carbocycles. The predicted molar refractivity (Wildman–Crippen MR) is 89.1 cm³/mol. The van der Waals surface area contributed by atoms with E-state index < -0.39 is 0 Å². The van der Waals surface area contributed by atoms with Gasteiger partial charge in [-0.2, -0.15) is 0 Å². The summed E-state index contributed by atoms with van der Waals surface area (Å²) in [6, 6.07) is 6.45. The lowest BCUT2D eigenvalue weighted by molar-refractivity contribution is 0.109. The molecule has 0 spiro atoms. The lowest BCUT2D eigenvalue weighted by Gasteiger charge is -2.20. The Hall–Kier alpha value is -1.06. The molecule has 1 atom stereocenters. The predicted octanol–water partition coefficient (Wildman–Crippen LogP) is 4.25. The van der Waals surface area contributed by atoms with E-state index in [2.05, 4.69) is 31.3 Å². The SMILES string of the molecule is CCCCCCCOCC(NC)c1cc(C)ccc1OC. The van der Waals surface area contributed by atoms with Gasteiger partial charge in [0.25, 0.3) is 0 Å². The van der Waals surface area contributed by atoms with Gasteiger partial charge in [0.05, 0.1) is 19.8 Å². The van der Waals surface area contributed by atoms with Gasteiger partial charge in [0.15, 0.2) is 0 Å². The van der Waals surface area contributed by atoms with E-state index in [1.807, 2.05) is 13.1 Å². The van der Waals surface area contributed by atoms with Crippen LogP contribution in [0.5, 0.6) is 5.75 Å². The monoisotopic (exact) mass is 293 g/mol. The van der Waals surface area contributed by atoms with Gasteiger partial charge in [-0.05, 0) is 26.5 Å². The first-order valence-corrected chi connectivity index (χ1v) is 8.12. The molecule has 0 radical (unpaired) electrons. The first kappa shape index (κ1) is 18.0. The third kappa shape index (κ3) is 6.49. The first-order chi connectivity index (χ1) is 10.2. The Balaban J connectivity index is 2.42. The fourth-order valence-corrected chi connectivity index (χ4v) is 2.46. The normalized spacial score (nSPS) is 12.4. The summed E-state index contributed by atoms with van der Waals surface area (Å²) in [5, 5.41) is 3.33. The molecule has 0 aliphatic carbocycles. The van der Waals surface area contributed by atoms with Crippen LogP contribution in [-0.2, 0) is 4.74 Å². The maximum atomic E-state index is 5.84. The molecule has 0 amide bonds. The third-order valence-corrected chi connectivity index (χ3v) is 3.79. The molecule has 3 nitrogen and oxygen atoms in total. The molecule has 21 heavy (non-hydrogen) atoms. The number of hydrogen-bond acceptors (Lipinski definition) is 3.